The van der Waals surface area contributed by atoms with Crippen molar-refractivity contribution in [2.24, 2.45) is 0 Å². The zero-order valence-corrected chi connectivity index (χ0v) is 11.3. The van der Waals surface area contributed by atoms with Gasteiger partial charge in [-0.1, -0.05) is 13.0 Å². The number of aliphatic carboxylic acids is 1. The molecule has 0 spiro atoms. The van der Waals surface area contributed by atoms with Gasteiger partial charge in [-0.25, -0.2) is 9.59 Å². The maximum atomic E-state index is 12.5. The molecule has 0 saturated heterocycles. The number of nitrogens with zero attached hydrogens (tertiary/aromatic N) is 2. The molecule has 0 saturated carbocycles. The molecule has 1 heterocycles. The van der Waals surface area contributed by atoms with Crippen LogP contribution in [0.1, 0.15) is 19.8 Å². The lowest BCUT2D eigenvalue weighted by Crippen LogP contribution is -2.50. The summed E-state index contributed by atoms with van der Waals surface area (Å²) < 4.78 is 37.4. The Morgan fingerprint density at radius 3 is 2.45 bits per heavy atom. The monoisotopic (exact) mass is 294 g/mol. The number of amides is 2. The second-order valence-corrected chi connectivity index (χ2v) is 4.58. The Bertz CT molecular complexity index is 421. The van der Waals surface area contributed by atoms with Crippen molar-refractivity contribution >= 4 is 12.0 Å². The molecule has 1 aliphatic rings. The van der Waals surface area contributed by atoms with Crippen molar-refractivity contribution in [2.75, 3.05) is 20.1 Å². The molecular weight excluding hydrogens is 277 g/mol. The van der Waals surface area contributed by atoms with Crippen molar-refractivity contribution < 1.29 is 27.9 Å². The van der Waals surface area contributed by atoms with Crippen molar-refractivity contribution in [3.63, 3.8) is 0 Å². The number of halogens is 3. The molecule has 0 aliphatic carbocycles. The number of likely N-dealkylation sites (N-methyl/N-ethyl adjacent to an activating group) is 1. The quantitative estimate of drug-likeness (QED) is 0.811. The van der Waals surface area contributed by atoms with Crippen molar-refractivity contribution in [3.8, 4) is 0 Å². The van der Waals surface area contributed by atoms with E-state index in [9.17, 15) is 22.8 Å². The topological polar surface area (TPSA) is 60.9 Å². The average molecular weight is 294 g/mol. The van der Waals surface area contributed by atoms with Gasteiger partial charge in [0.25, 0.3) is 0 Å². The maximum Gasteiger partial charge on any atom is 0.412 e. The Balaban J connectivity index is 2.72. The first-order valence-corrected chi connectivity index (χ1v) is 6.19. The molecule has 0 bridgehead atoms. The fourth-order valence-corrected chi connectivity index (χ4v) is 2.07. The molecule has 0 radical (unpaired) electrons. The lowest BCUT2D eigenvalue weighted by atomic mass is 10.1. The van der Waals surface area contributed by atoms with E-state index < -0.39 is 29.8 Å². The van der Waals surface area contributed by atoms with Gasteiger partial charge >= 0.3 is 18.2 Å². The third-order valence-corrected chi connectivity index (χ3v) is 3.28. The third kappa shape index (κ3) is 3.64. The van der Waals surface area contributed by atoms with E-state index >= 15 is 0 Å². The highest BCUT2D eigenvalue weighted by Gasteiger charge is 2.36. The zero-order valence-electron chi connectivity index (χ0n) is 11.3. The van der Waals surface area contributed by atoms with Crippen molar-refractivity contribution in [1.29, 1.82) is 0 Å². The van der Waals surface area contributed by atoms with Crippen molar-refractivity contribution in [3.05, 3.63) is 11.6 Å². The van der Waals surface area contributed by atoms with Crippen LogP contribution in [0.3, 0.4) is 0 Å². The molecule has 8 heteroatoms. The highest BCUT2D eigenvalue weighted by Crippen LogP contribution is 2.30. The summed E-state index contributed by atoms with van der Waals surface area (Å²) in [4.78, 5) is 25.3. The Morgan fingerprint density at radius 2 is 2.10 bits per heavy atom. The van der Waals surface area contributed by atoms with E-state index in [4.69, 9.17) is 5.11 Å². The third-order valence-electron chi connectivity index (χ3n) is 3.28. The first kappa shape index (κ1) is 16.3. The summed E-state index contributed by atoms with van der Waals surface area (Å²) in [5.41, 5.74) is -0.644. The minimum atomic E-state index is -4.37. The first-order valence-electron chi connectivity index (χ1n) is 6.19. The second-order valence-electron chi connectivity index (χ2n) is 4.58. The number of carboxylic acids is 1. The predicted molar refractivity (Wildman–Crippen MR) is 65.2 cm³/mol. The number of carbonyl (C=O) groups is 2. The molecule has 0 aromatic carbocycles. The zero-order chi connectivity index (χ0) is 15.5. The number of alkyl halides is 3. The Kier molecular flexibility index (Phi) is 5.02. The van der Waals surface area contributed by atoms with Gasteiger partial charge in [-0.2, -0.15) is 13.2 Å². The average Bonchev–Trinajstić information content (AvgIpc) is 2.37. The van der Waals surface area contributed by atoms with Crippen LogP contribution in [0.25, 0.3) is 0 Å². The van der Waals surface area contributed by atoms with Crippen LogP contribution in [-0.2, 0) is 4.79 Å². The summed E-state index contributed by atoms with van der Waals surface area (Å²) in [7, 11) is 1.34. The molecule has 1 aliphatic heterocycles. The molecule has 2 amide bonds. The molecule has 114 valence electrons. The van der Waals surface area contributed by atoms with Crippen LogP contribution < -0.4 is 0 Å². The fourth-order valence-electron chi connectivity index (χ4n) is 2.07. The van der Waals surface area contributed by atoms with Gasteiger partial charge in [-0.15, -0.1) is 0 Å². The molecule has 1 unspecified atom stereocenters. The van der Waals surface area contributed by atoms with Gasteiger partial charge in [0, 0.05) is 25.7 Å². The minimum Gasteiger partial charge on any atom is -0.480 e. The smallest absolute Gasteiger partial charge is 0.412 e. The molecule has 0 fully saturated rings. The van der Waals surface area contributed by atoms with Crippen molar-refractivity contribution in [2.45, 2.75) is 32.0 Å². The largest absolute Gasteiger partial charge is 0.480 e. The lowest BCUT2D eigenvalue weighted by Gasteiger charge is -2.33. The van der Waals surface area contributed by atoms with Gasteiger partial charge in [0.15, 0.2) is 0 Å². The van der Waals surface area contributed by atoms with Crippen LogP contribution in [0.5, 0.6) is 0 Å². The van der Waals surface area contributed by atoms with Crippen molar-refractivity contribution in [1.82, 2.24) is 9.80 Å². The van der Waals surface area contributed by atoms with Crippen LogP contribution in [0.15, 0.2) is 11.6 Å². The summed E-state index contributed by atoms with van der Waals surface area (Å²) in [6.45, 7) is 1.40. The fraction of sp³-hybridized carbons (Fsp3) is 0.667. The van der Waals surface area contributed by atoms with E-state index in [1.54, 1.807) is 6.92 Å². The summed E-state index contributed by atoms with van der Waals surface area (Å²) in [6.07, 6.45) is -3.44. The Hall–Kier alpha value is -1.73. The summed E-state index contributed by atoms with van der Waals surface area (Å²) in [6, 6.07) is -1.55. The van der Waals surface area contributed by atoms with E-state index in [-0.39, 0.29) is 25.9 Å². The van der Waals surface area contributed by atoms with E-state index in [1.165, 1.54) is 11.9 Å². The molecule has 1 N–H and O–H groups in total. The Labute approximate surface area is 114 Å². The predicted octanol–water partition coefficient (Wildman–Crippen LogP) is 2.10. The SMILES string of the molecule is CCC(C(=O)O)N(C)C(=O)N1CC=C(C(F)(F)F)CC1. The van der Waals surface area contributed by atoms with E-state index in [2.05, 4.69) is 0 Å². The normalized spacial score (nSPS) is 17.4. The Morgan fingerprint density at radius 1 is 1.50 bits per heavy atom. The molecule has 1 rings (SSSR count). The molecule has 0 aromatic heterocycles. The van der Waals surface area contributed by atoms with Gasteiger partial charge < -0.3 is 14.9 Å². The first-order chi connectivity index (χ1) is 9.18. The minimum absolute atomic E-state index is 0.0649. The maximum absolute atomic E-state index is 12.5. The summed E-state index contributed by atoms with van der Waals surface area (Å²) in [5, 5.41) is 8.97. The van der Waals surface area contributed by atoms with Crippen LogP contribution >= 0.6 is 0 Å². The highest BCUT2D eigenvalue weighted by atomic mass is 19.4. The number of carboxylic acid groups (broad SMARTS) is 1. The standard InChI is InChI=1S/C12H17F3N2O3/c1-3-9(10(18)19)16(2)11(20)17-6-4-8(5-7-17)12(13,14)15/h4,9H,3,5-7H2,1-2H3,(H,18,19). The highest BCUT2D eigenvalue weighted by molar-refractivity contribution is 5.82. The van der Waals surface area contributed by atoms with Crippen LogP contribution in [-0.4, -0.2) is 59.3 Å². The van der Waals surface area contributed by atoms with Gasteiger partial charge in [0.05, 0.1) is 0 Å². The van der Waals surface area contributed by atoms with Gasteiger partial charge in [-0.05, 0) is 12.8 Å². The molecule has 20 heavy (non-hydrogen) atoms. The van der Waals surface area contributed by atoms with Crippen LogP contribution in [0.2, 0.25) is 0 Å². The molecule has 5 nitrogen and oxygen atoms in total. The molecule has 0 aromatic rings. The number of rotatable bonds is 3. The summed E-state index contributed by atoms with van der Waals surface area (Å²) >= 11 is 0. The lowest BCUT2D eigenvalue weighted by molar-refractivity contribution is -0.142. The van der Waals surface area contributed by atoms with Crippen LogP contribution in [0.4, 0.5) is 18.0 Å². The van der Waals surface area contributed by atoms with E-state index in [0.29, 0.717) is 0 Å². The number of carbonyl (C=O) groups excluding carboxylic acids is 1. The van der Waals surface area contributed by atoms with Gasteiger partial charge in [-0.3, -0.25) is 0 Å². The van der Waals surface area contributed by atoms with Gasteiger partial charge in [0.1, 0.15) is 6.04 Å². The number of hydrogen-bond acceptors (Lipinski definition) is 2. The molecule has 1 atom stereocenters. The van der Waals surface area contributed by atoms with Crippen LogP contribution in [0, 0.1) is 0 Å². The second kappa shape index (κ2) is 6.15. The molecular formula is C12H17F3N2O3. The summed E-state index contributed by atoms with van der Waals surface area (Å²) in [5.74, 6) is -1.13. The number of hydrogen-bond donors (Lipinski definition) is 1. The van der Waals surface area contributed by atoms with Gasteiger partial charge in [0.2, 0.25) is 0 Å². The number of urea groups is 1. The van der Waals surface area contributed by atoms with E-state index in [1.807, 2.05) is 0 Å². The van der Waals surface area contributed by atoms with E-state index in [0.717, 1.165) is 11.0 Å².